The number of oxazole rings is 1. The SMILES string of the molecule is O=C(c1ccccc1Cl)c1cc2oc(=O)[nH]c2cc1Cl. The molecule has 0 unspecified atom stereocenters. The number of H-pyrrole nitrogens is 1. The molecule has 0 amide bonds. The Bertz CT molecular complexity index is 880. The number of carbonyl (C=O) groups is 1. The molecule has 0 atom stereocenters. The van der Waals surface area contributed by atoms with Crippen LogP contribution in [0.5, 0.6) is 0 Å². The molecular formula is C14H7Cl2NO3. The van der Waals surface area contributed by atoms with Crippen LogP contribution in [0.3, 0.4) is 0 Å². The molecule has 0 saturated heterocycles. The molecule has 4 nitrogen and oxygen atoms in total. The highest BCUT2D eigenvalue weighted by Crippen LogP contribution is 2.27. The standard InChI is InChI=1S/C14H7Cl2NO3/c15-9-4-2-1-3-7(9)13(18)8-5-12-11(6-10(8)16)17-14(19)20-12/h1-6H,(H,17,19). The third-order valence-corrected chi connectivity index (χ3v) is 3.51. The van der Waals surface area contributed by atoms with Gasteiger partial charge in [0.2, 0.25) is 0 Å². The Morgan fingerprint density at radius 2 is 1.80 bits per heavy atom. The fraction of sp³-hybridized carbons (Fsp3) is 0. The lowest BCUT2D eigenvalue weighted by Crippen LogP contribution is -2.03. The number of benzene rings is 2. The lowest BCUT2D eigenvalue weighted by Gasteiger charge is -2.05. The van der Waals surface area contributed by atoms with Crippen LogP contribution in [0.2, 0.25) is 10.0 Å². The van der Waals surface area contributed by atoms with Gasteiger partial charge in [0, 0.05) is 11.1 Å². The second kappa shape index (κ2) is 4.81. The maximum absolute atomic E-state index is 12.4. The van der Waals surface area contributed by atoms with Gasteiger partial charge in [-0.15, -0.1) is 0 Å². The van der Waals surface area contributed by atoms with E-state index in [4.69, 9.17) is 27.6 Å². The van der Waals surface area contributed by atoms with Crippen molar-refractivity contribution in [1.29, 1.82) is 0 Å². The van der Waals surface area contributed by atoms with Crippen molar-refractivity contribution in [3.8, 4) is 0 Å². The predicted molar refractivity (Wildman–Crippen MR) is 76.7 cm³/mol. The van der Waals surface area contributed by atoms with Crippen molar-refractivity contribution < 1.29 is 9.21 Å². The van der Waals surface area contributed by atoms with Gasteiger partial charge in [-0.25, -0.2) is 4.79 Å². The number of hydrogen-bond acceptors (Lipinski definition) is 3. The maximum Gasteiger partial charge on any atom is 0.417 e. The van der Waals surface area contributed by atoms with Crippen LogP contribution in [0.25, 0.3) is 11.1 Å². The average molecular weight is 308 g/mol. The molecule has 0 fully saturated rings. The molecular weight excluding hydrogens is 301 g/mol. The van der Waals surface area contributed by atoms with Crippen LogP contribution in [0.1, 0.15) is 15.9 Å². The van der Waals surface area contributed by atoms with E-state index in [1.165, 1.54) is 12.1 Å². The number of carbonyl (C=O) groups excluding carboxylic acids is 1. The summed E-state index contributed by atoms with van der Waals surface area (Å²) in [5, 5.41) is 0.559. The molecule has 0 radical (unpaired) electrons. The minimum absolute atomic E-state index is 0.222. The van der Waals surface area contributed by atoms with Crippen molar-refractivity contribution >= 4 is 40.1 Å². The van der Waals surface area contributed by atoms with Crippen LogP contribution in [0.15, 0.2) is 45.6 Å². The predicted octanol–water partition coefficient (Wildman–Crippen LogP) is 3.66. The number of ketones is 1. The van der Waals surface area contributed by atoms with Crippen LogP contribution in [0, 0.1) is 0 Å². The lowest BCUT2D eigenvalue weighted by atomic mass is 10.0. The smallest absolute Gasteiger partial charge is 0.408 e. The fourth-order valence-corrected chi connectivity index (χ4v) is 2.41. The summed E-state index contributed by atoms with van der Waals surface area (Å²) in [5.74, 6) is -0.926. The number of fused-ring (bicyclic) bond motifs is 1. The largest absolute Gasteiger partial charge is 0.417 e. The maximum atomic E-state index is 12.4. The van der Waals surface area contributed by atoms with Gasteiger partial charge in [-0.1, -0.05) is 35.3 Å². The third-order valence-electron chi connectivity index (χ3n) is 2.87. The first-order chi connectivity index (χ1) is 9.56. The van der Waals surface area contributed by atoms with E-state index in [0.29, 0.717) is 16.1 Å². The Hall–Kier alpha value is -2.04. The van der Waals surface area contributed by atoms with E-state index in [0.717, 1.165) is 0 Å². The Morgan fingerprint density at radius 3 is 2.55 bits per heavy atom. The van der Waals surface area contributed by atoms with E-state index in [-0.39, 0.29) is 22.0 Å². The number of hydrogen-bond donors (Lipinski definition) is 1. The molecule has 20 heavy (non-hydrogen) atoms. The second-order valence-electron chi connectivity index (χ2n) is 4.15. The molecule has 0 spiro atoms. The van der Waals surface area contributed by atoms with Crippen LogP contribution in [-0.2, 0) is 0 Å². The Morgan fingerprint density at radius 1 is 1.05 bits per heavy atom. The monoisotopic (exact) mass is 307 g/mol. The van der Waals surface area contributed by atoms with E-state index in [2.05, 4.69) is 4.98 Å². The molecule has 0 aliphatic carbocycles. The summed E-state index contributed by atoms with van der Waals surface area (Å²) in [6, 6.07) is 9.58. The zero-order valence-corrected chi connectivity index (χ0v) is 11.5. The van der Waals surface area contributed by atoms with Crippen molar-refractivity contribution in [2.24, 2.45) is 0 Å². The molecule has 1 heterocycles. The molecule has 0 aliphatic heterocycles. The summed E-state index contributed by atoms with van der Waals surface area (Å²) in [5.41, 5.74) is 1.29. The molecule has 6 heteroatoms. The van der Waals surface area contributed by atoms with Gasteiger partial charge in [-0.05, 0) is 24.3 Å². The molecule has 1 N–H and O–H groups in total. The molecule has 1 aromatic heterocycles. The van der Waals surface area contributed by atoms with Gasteiger partial charge in [0.05, 0.1) is 15.6 Å². The van der Waals surface area contributed by atoms with Gasteiger partial charge in [-0.2, -0.15) is 0 Å². The van der Waals surface area contributed by atoms with Crippen LogP contribution in [0.4, 0.5) is 0 Å². The molecule has 100 valence electrons. The highest BCUT2D eigenvalue weighted by molar-refractivity contribution is 6.38. The van der Waals surface area contributed by atoms with Crippen molar-refractivity contribution in [3.05, 3.63) is 68.1 Å². The summed E-state index contributed by atoms with van der Waals surface area (Å²) in [6.45, 7) is 0. The summed E-state index contributed by atoms with van der Waals surface area (Å²) in [6.07, 6.45) is 0. The van der Waals surface area contributed by atoms with E-state index < -0.39 is 5.76 Å². The van der Waals surface area contributed by atoms with Gasteiger partial charge >= 0.3 is 5.76 Å². The summed E-state index contributed by atoms with van der Waals surface area (Å²) in [4.78, 5) is 26.0. The first kappa shape index (κ1) is 13.0. The van der Waals surface area contributed by atoms with Crippen LogP contribution >= 0.6 is 23.2 Å². The van der Waals surface area contributed by atoms with Crippen molar-refractivity contribution in [2.75, 3.05) is 0 Å². The summed E-state index contributed by atoms with van der Waals surface area (Å²) < 4.78 is 4.92. The number of nitrogens with one attached hydrogen (secondary N) is 1. The number of aromatic amines is 1. The number of aromatic nitrogens is 1. The molecule has 2 aromatic carbocycles. The van der Waals surface area contributed by atoms with Gasteiger partial charge in [0.1, 0.15) is 0 Å². The average Bonchev–Trinajstić information content (AvgIpc) is 2.76. The third kappa shape index (κ3) is 2.13. The van der Waals surface area contributed by atoms with Crippen LogP contribution < -0.4 is 5.76 Å². The molecule has 0 aliphatic rings. The van der Waals surface area contributed by atoms with Gasteiger partial charge < -0.3 is 4.42 Å². The van der Waals surface area contributed by atoms with E-state index in [1.54, 1.807) is 24.3 Å². The van der Waals surface area contributed by atoms with Crippen LogP contribution in [-0.4, -0.2) is 10.8 Å². The van der Waals surface area contributed by atoms with E-state index in [1.807, 2.05) is 0 Å². The lowest BCUT2D eigenvalue weighted by molar-refractivity contribution is 0.103. The molecule has 0 saturated carbocycles. The summed E-state index contributed by atoms with van der Waals surface area (Å²) >= 11 is 12.1. The van der Waals surface area contributed by atoms with Crippen molar-refractivity contribution in [1.82, 2.24) is 4.98 Å². The molecule has 3 aromatic rings. The quantitative estimate of drug-likeness (QED) is 0.735. The second-order valence-corrected chi connectivity index (χ2v) is 4.97. The van der Waals surface area contributed by atoms with E-state index >= 15 is 0 Å². The van der Waals surface area contributed by atoms with Gasteiger partial charge in [0.15, 0.2) is 11.4 Å². The first-order valence-corrected chi connectivity index (χ1v) is 6.43. The number of halogens is 2. The highest BCUT2D eigenvalue weighted by Gasteiger charge is 2.17. The zero-order chi connectivity index (χ0) is 14.3. The Labute approximate surface area is 122 Å². The molecule has 0 bridgehead atoms. The topological polar surface area (TPSA) is 63.1 Å². The normalized spacial score (nSPS) is 10.9. The van der Waals surface area contributed by atoms with Crippen molar-refractivity contribution in [3.63, 3.8) is 0 Å². The Balaban J connectivity index is 2.19. The summed E-state index contributed by atoms with van der Waals surface area (Å²) in [7, 11) is 0. The van der Waals surface area contributed by atoms with E-state index in [9.17, 15) is 9.59 Å². The zero-order valence-electron chi connectivity index (χ0n) is 9.94. The fourth-order valence-electron chi connectivity index (χ4n) is 1.94. The Kier molecular flexibility index (Phi) is 3.12. The first-order valence-electron chi connectivity index (χ1n) is 5.68. The number of rotatable bonds is 2. The van der Waals surface area contributed by atoms with Gasteiger partial charge in [0.25, 0.3) is 0 Å². The minimum Gasteiger partial charge on any atom is -0.408 e. The minimum atomic E-state index is -0.599. The van der Waals surface area contributed by atoms with Gasteiger partial charge in [-0.3, -0.25) is 9.78 Å². The van der Waals surface area contributed by atoms with Crippen molar-refractivity contribution in [2.45, 2.75) is 0 Å². The molecule has 3 rings (SSSR count). The highest BCUT2D eigenvalue weighted by atomic mass is 35.5.